The Kier molecular flexibility index (Phi) is 5.05. The molecule has 2 nitrogen and oxygen atoms in total. The second kappa shape index (κ2) is 6.10. The third kappa shape index (κ3) is 3.72. The zero-order valence-corrected chi connectivity index (χ0v) is 10.5. The average Bonchev–Trinajstić information content (AvgIpc) is 2.15. The molecule has 0 aliphatic heterocycles. The van der Waals surface area contributed by atoms with Crippen LogP contribution in [0.25, 0.3) is 0 Å². The molecule has 0 unspecified atom stereocenters. The van der Waals surface area contributed by atoms with E-state index in [1.165, 1.54) is 0 Å². The molecular weight excluding hydrogens is 310 g/mol. The second-order valence-electron chi connectivity index (χ2n) is 2.81. The number of halogens is 2. The van der Waals surface area contributed by atoms with Gasteiger partial charge in [-0.25, -0.2) is 0 Å². The van der Waals surface area contributed by atoms with Crippen LogP contribution >= 0.6 is 34.2 Å². The molecule has 1 aromatic carbocycles. The quantitative estimate of drug-likeness (QED) is 0.679. The predicted octanol–water partition coefficient (Wildman–Crippen LogP) is 3.66. The van der Waals surface area contributed by atoms with Gasteiger partial charge in [0, 0.05) is 27.2 Å². The summed E-state index contributed by atoms with van der Waals surface area (Å²) in [6.45, 7) is 0.825. The lowest BCUT2D eigenvalue weighted by atomic mass is 10.3. The number of hydrogen-bond acceptors (Lipinski definition) is 2. The van der Waals surface area contributed by atoms with Crippen LogP contribution in [0.3, 0.4) is 0 Å². The van der Waals surface area contributed by atoms with Crippen LogP contribution in [0.4, 0.5) is 5.69 Å². The zero-order valence-electron chi connectivity index (χ0n) is 7.56. The van der Waals surface area contributed by atoms with Crippen LogP contribution in [0, 0.1) is 14.9 Å². The molecule has 1 N–H and O–H groups in total. The maximum atomic E-state index is 8.36. The van der Waals surface area contributed by atoms with Crippen LogP contribution in [-0.2, 0) is 0 Å². The fraction of sp³-hybridized carbons (Fsp3) is 0.300. The summed E-state index contributed by atoms with van der Waals surface area (Å²) in [6, 6.07) is 7.84. The number of benzene rings is 1. The van der Waals surface area contributed by atoms with Gasteiger partial charge in [-0.2, -0.15) is 5.26 Å². The van der Waals surface area contributed by atoms with E-state index in [1.54, 1.807) is 0 Å². The molecule has 0 atom stereocenters. The van der Waals surface area contributed by atoms with Gasteiger partial charge < -0.3 is 5.32 Å². The van der Waals surface area contributed by atoms with Crippen LogP contribution in [0.5, 0.6) is 0 Å². The summed E-state index contributed by atoms with van der Waals surface area (Å²) < 4.78 is 1.10. The molecule has 0 radical (unpaired) electrons. The van der Waals surface area contributed by atoms with Crippen LogP contribution < -0.4 is 5.32 Å². The Morgan fingerprint density at radius 2 is 2.29 bits per heavy atom. The lowest BCUT2D eigenvalue weighted by molar-refractivity contribution is 0.897. The highest BCUT2D eigenvalue weighted by atomic mass is 127. The van der Waals surface area contributed by atoms with E-state index in [4.69, 9.17) is 16.9 Å². The van der Waals surface area contributed by atoms with E-state index >= 15 is 0 Å². The summed E-state index contributed by atoms with van der Waals surface area (Å²) in [5, 5.41) is 12.4. The summed E-state index contributed by atoms with van der Waals surface area (Å²) >= 11 is 8.06. The van der Waals surface area contributed by atoms with Gasteiger partial charge in [0.25, 0.3) is 0 Å². The van der Waals surface area contributed by atoms with Crippen molar-refractivity contribution in [1.82, 2.24) is 0 Å². The SMILES string of the molecule is N#CCCCNc1ccc(Cl)cc1I. The van der Waals surface area contributed by atoms with Crippen LogP contribution in [0.2, 0.25) is 5.02 Å². The molecular formula is C10H10ClIN2. The van der Waals surface area contributed by atoms with Crippen molar-refractivity contribution in [3.63, 3.8) is 0 Å². The van der Waals surface area contributed by atoms with Gasteiger partial charge in [0.1, 0.15) is 0 Å². The van der Waals surface area contributed by atoms with Crippen LogP contribution in [0.1, 0.15) is 12.8 Å². The molecule has 0 saturated heterocycles. The molecule has 0 spiro atoms. The lowest BCUT2D eigenvalue weighted by Gasteiger charge is -2.07. The summed E-state index contributed by atoms with van der Waals surface area (Å²) in [7, 11) is 0. The molecule has 4 heteroatoms. The third-order valence-corrected chi connectivity index (χ3v) is 2.84. The minimum atomic E-state index is 0.594. The number of rotatable bonds is 4. The van der Waals surface area contributed by atoms with Crippen molar-refractivity contribution in [2.24, 2.45) is 0 Å². The Morgan fingerprint density at radius 3 is 2.93 bits per heavy atom. The van der Waals surface area contributed by atoms with Gasteiger partial charge in [0.05, 0.1) is 6.07 Å². The molecule has 0 saturated carbocycles. The molecule has 0 heterocycles. The Hall–Kier alpha value is -0.470. The number of nitrogens with zero attached hydrogens (tertiary/aromatic N) is 1. The van der Waals surface area contributed by atoms with Gasteiger partial charge >= 0.3 is 0 Å². The molecule has 74 valence electrons. The molecule has 0 bridgehead atoms. The third-order valence-electron chi connectivity index (χ3n) is 1.71. The van der Waals surface area contributed by atoms with Crippen LogP contribution in [-0.4, -0.2) is 6.54 Å². The van der Waals surface area contributed by atoms with Crippen molar-refractivity contribution in [2.45, 2.75) is 12.8 Å². The number of nitrogens with one attached hydrogen (secondary N) is 1. The Balaban J connectivity index is 2.47. The van der Waals surface area contributed by atoms with Gasteiger partial charge in [-0.3, -0.25) is 0 Å². The fourth-order valence-electron chi connectivity index (χ4n) is 1.02. The topological polar surface area (TPSA) is 35.8 Å². The minimum Gasteiger partial charge on any atom is -0.384 e. The molecule has 0 aliphatic rings. The molecule has 0 aromatic heterocycles. The Labute approximate surface area is 102 Å². The molecule has 14 heavy (non-hydrogen) atoms. The first-order chi connectivity index (χ1) is 6.74. The lowest BCUT2D eigenvalue weighted by Crippen LogP contribution is -2.02. The smallest absolute Gasteiger partial charge is 0.0622 e. The molecule has 0 aliphatic carbocycles. The maximum absolute atomic E-state index is 8.36. The van der Waals surface area contributed by atoms with E-state index in [2.05, 4.69) is 34.0 Å². The molecule has 1 rings (SSSR count). The van der Waals surface area contributed by atoms with E-state index in [-0.39, 0.29) is 0 Å². The number of unbranched alkanes of at least 4 members (excludes halogenated alkanes) is 1. The van der Waals surface area contributed by atoms with Gasteiger partial charge in [-0.15, -0.1) is 0 Å². The molecule has 1 aromatic rings. The predicted molar refractivity (Wildman–Crippen MR) is 67.5 cm³/mol. The average molecular weight is 321 g/mol. The highest BCUT2D eigenvalue weighted by Gasteiger charge is 1.98. The van der Waals surface area contributed by atoms with Gasteiger partial charge in [-0.1, -0.05) is 11.6 Å². The minimum absolute atomic E-state index is 0.594. The van der Waals surface area contributed by atoms with Crippen molar-refractivity contribution < 1.29 is 0 Å². The summed E-state index contributed by atoms with van der Waals surface area (Å²) in [5.41, 5.74) is 1.08. The van der Waals surface area contributed by atoms with E-state index in [1.807, 2.05) is 18.2 Å². The maximum Gasteiger partial charge on any atom is 0.0622 e. The zero-order chi connectivity index (χ0) is 10.4. The van der Waals surface area contributed by atoms with Gasteiger partial charge in [-0.05, 0) is 47.2 Å². The first kappa shape index (κ1) is 11.6. The van der Waals surface area contributed by atoms with Crippen molar-refractivity contribution in [2.75, 3.05) is 11.9 Å². The van der Waals surface area contributed by atoms with Crippen molar-refractivity contribution in [3.8, 4) is 6.07 Å². The monoisotopic (exact) mass is 320 g/mol. The first-order valence-corrected chi connectivity index (χ1v) is 5.75. The van der Waals surface area contributed by atoms with Crippen molar-refractivity contribution >= 4 is 39.9 Å². The highest BCUT2D eigenvalue weighted by Crippen LogP contribution is 2.22. The second-order valence-corrected chi connectivity index (χ2v) is 4.41. The Morgan fingerprint density at radius 1 is 1.50 bits per heavy atom. The van der Waals surface area contributed by atoms with Crippen LogP contribution in [0.15, 0.2) is 18.2 Å². The van der Waals surface area contributed by atoms with E-state index in [9.17, 15) is 0 Å². The molecule has 0 fully saturated rings. The summed E-state index contributed by atoms with van der Waals surface area (Å²) in [6.07, 6.45) is 1.46. The van der Waals surface area contributed by atoms with Gasteiger partial charge in [0.2, 0.25) is 0 Å². The Bertz CT molecular complexity index is 346. The largest absolute Gasteiger partial charge is 0.384 e. The van der Waals surface area contributed by atoms with E-state index < -0.39 is 0 Å². The summed E-state index contributed by atoms with van der Waals surface area (Å²) in [4.78, 5) is 0. The normalized spacial score (nSPS) is 9.50. The first-order valence-electron chi connectivity index (χ1n) is 4.30. The number of hydrogen-bond donors (Lipinski definition) is 1. The molecule has 0 amide bonds. The van der Waals surface area contributed by atoms with Crippen molar-refractivity contribution in [1.29, 1.82) is 5.26 Å². The van der Waals surface area contributed by atoms with Gasteiger partial charge in [0.15, 0.2) is 0 Å². The number of anilines is 1. The summed E-state index contributed by atoms with van der Waals surface area (Å²) in [5.74, 6) is 0. The highest BCUT2D eigenvalue weighted by molar-refractivity contribution is 14.1. The van der Waals surface area contributed by atoms with Crippen molar-refractivity contribution in [3.05, 3.63) is 26.8 Å². The fourth-order valence-corrected chi connectivity index (χ4v) is 2.09. The van der Waals surface area contributed by atoms with E-state index in [0.29, 0.717) is 6.42 Å². The number of nitriles is 1. The van der Waals surface area contributed by atoms with E-state index in [0.717, 1.165) is 27.2 Å². The standard InChI is InChI=1S/C10H10ClIN2/c11-8-3-4-10(9(12)7-8)14-6-2-1-5-13/h3-4,7,14H,1-2,6H2.